The molecule has 1 aromatic carbocycles. The lowest BCUT2D eigenvalue weighted by Crippen LogP contribution is -2.08. The van der Waals surface area contributed by atoms with E-state index >= 15 is 0 Å². The lowest BCUT2D eigenvalue weighted by atomic mass is 10.2. The Kier molecular flexibility index (Phi) is 6.45. The number of rotatable bonds is 9. The van der Waals surface area contributed by atoms with E-state index in [2.05, 4.69) is 33.7 Å². The van der Waals surface area contributed by atoms with Crippen molar-refractivity contribution in [3.05, 3.63) is 47.7 Å². The molecular weight excluding hydrogens is 358 g/mol. The Morgan fingerprint density at radius 1 is 1.15 bits per heavy atom. The quantitative estimate of drug-likeness (QED) is 0.408. The molecule has 0 aliphatic rings. The van der Waals surface area contributed by atoms with Crippen molar-refractivity contribution >= 4 is 17.5 Å². The summed E-state index contributed by atoms with van der Waals surface area (Å²) in [7, 11) is 0. The highest BCUT2D eigenvalue weighted by Crippen LogP contribution is 2.26. The van der Waals surface area contributed by atoms with Crippen molar-refractivity contribution in [2.75, 3.05) is 5.75 Å². The second-order valence-electron chi connectivity index (χ2n) is 6.38. The topological polar surface area (TPSA) is 65.6 Å². The first-order valence-electron chi connectivity index (χ1n) is 9.33. The summed E-state index contributed by atoms with van der Waals surface area (Å²) in [6.45, 7) is 7.82. The number of carbonyl (C=O) groups excluding carboxylic acids is 1. The van der Waals surface area contributed by atoms with Gasteiger partial charge in [0.15, 0.2) is 16.8 Å². The first-order chi connectivity index (χ1) is 13.1. The molecule has 0 amide bonds. The third-order valence-corrected chi connectivity index (χ3v) is 5.28. The van der Waals surface area contributed by atoms with Crippen molar-refractivity contribution in [2.24, 2.45) is 0 Å². The van der Waals surface area contributed by atoms with Crippen molar-refractivity contribution < 1.29 is 4.79 Å². The number of hydrogen-bond donors (Lipinski definition) is 0. The molecule has 27 heavy (non-hydrogen) atoms. The summed E-state index contributed by atoms with van der Waals surface area (Å²) in [6.07, 6.45) is 2.11. The molecule has 2 heterocycles. The van der Waals surface area contributed by atoms with Crippen molar-refractivity contribution in [1.29, 1.82) is 0 Å². The van der Waals surface area contributed by atoms with Crippen LogP contribution in [0.2, 0.25) is 0 Å². The van der Waals surface area contributed by atoms with Crippen LogP contribution in [0.5, 0.6) is 0 Å². The molecule has 2 aromatic heterocycles. The zero-order valence-corrected chi connectivity index (χ0v) is 16.9. The Hall–Kier alpha value is -2.41. The second-order valence-corrected chi connectivity index (χ2v) is 7.32. The number of hydrogen-bond acceptors (Lipinski definition) is 5. The van der Waals surface area contributed by atoms with Gasteiger partial charge in [-0.2, -0.15) is 5.10 Å². The minimum atomic E-state index is 0.0987. The summed E-state index contributed by atoms with van der Waals surface area (Å²) in [5, 5.41) is 14.1. The largest absolute Gasteiger partial charge is 0.301 e. The summed E-state index contributed by atoms with van der Waals surface area (Å²) in [5.74, 6) is 1.27. The molecular formula is C20H25N5OS. The summed E-state index contributed by atoms with van der Waals surface area (Å²) >= 11 is 1.45. The first-order valence-corrected chi connectivity index (χ1v) is 10.3. The molecule has 3 rings (SSSR count). The normalized spacial score (nSPS) is 11.1. The minimum Gasteiger partial charge on any atom is -0.301 e. The van der Waals surface area contributed by atoms with Gasteiger partial charge < -0.3 is 4.57 Å². The number of aromatic nitrogens is 5. The lowest BCUT2D eigenvalue weighted by Gasteiger charge is -2.10. The van der Waals surface area contributed by atoms with E-state index in [0.717, 1.165) is 53.9 Å². The SMILES string of the molecule is CCCCn1c(SCC(=O)c2ccccc2)nnc1-c1cc(C)nn1CC. The van der Waals surface area contributed by atoms with Crippen LogP contribution in [0.3, 0.4) is 0 Å². The van der Waals surface area contributed by atoms with Crippen molar-refractivity contribution in [1.82, 2.24) is 24.5 Å². The molecule has 0 bridgehead atoms. The molecule has 7 heteroatoms. The molecule has 0 aliphatic heterocycles. The zero-order chi connectivity index (χ0) is 19.2. The van der Waals surface area contributed by atoms with Gasteiger partial charge >= 0.3 is 0 Å². The van der Waals surface area contributed by atoms with Gasteiger partial charge in [0.25, 0.3) is 0 Å². The average molecular weight is 384 g/mol. The number of ketones is 1. The van der Waals surface area contributed by atoms with Crippen LogP contribution >= 0.6 is 11.8 Å². The number of thioether (sulfide) groups is 1. The summed E-state index contributed by atoms with van der Waals surface area (Å²) in [5.41, 5.74) is 2.66. The molecule has 3 aromatic rings. The molecule has 0 atom stereocenters. The van der Waals surface area contributed by atoms with Crippen molar-refractivity contribution in [2.45, 2.75) is 51.9 Å². The molecule has 142 valence electrons. The van der Waals surface area contributed by atoms with Crippen molar-refractivity contribution in [3.63, 3.8) is 0 Å². The van der Waals surface area contributed by atoms with Gasteiger partial charge in [0.1, 0.15) is 5.69 Å². The van der Waals surface area contributed by atoms with Gasteiger partial charge in [0.05, 0.1) is 11.4 Å². The van der Waals surface area contributed by atoms with Gasteiger partial charge in [-0.1, -0.05) is 55.4 Å². The highest BCUT2D eigenvalue weighted by molar-refractivity contribution is 7.99. The van der Waals surface area contributed by atoms with E-state index in [0.29, 0.717) is 5.75 Å². The number of Topliss-reactive ketones (excluding diaryl/α,β-unsaturated/α-hetero) is 1. The Balaban J connectivity index is 1.85. The Bertz CT molecular complexity index is 900. The molecule has 6 nitrogen and oxygen atoms in total. The predicted molar refractivity (Wildman–Crippen MR) is 108 cm³/mol. The minimum absolute atomic E-state index is 0.0987. The molecule has 0 fully saturated rings. The highest BCUT2D eigenvalue weighted by Gasteiger charge is 2.19. The van der Waals surface area contributed by atoms with Gasteiger partial charge in [-0.15, -0.1) is 10.2 Å². The lowest BCUT2D eigenvalue weighted by molar-refractivity contribution is 0.102. The number of unbranched alkanes of at least 4 members (excludes halogenated alkanes) is 1. The fourth-order valence-electron chi connectivity index (χ4n) is 2.91. The fourth-order valence-corrected chi connectivity index (χ4v) is 3.77. The van der Waals surface area contributed by atoms with Gasteiger partial charge in [-0.25, -0.2) is 0 Å². The van der Waals surface area contributed by atoms with E-state index in [1.807, 2.05) is 48.0 Å². The number of nitrogens with zero attached hydrogens (tertiary/aromatic N) is 5. The van der Waals surface area contributed by atoms with Gasteiger partial charge in [-0.3, -0.25) is 9.48 Å². The maximum atomic E-state index is 12.4. The molecule has 0 saturated heterocycles. The second kappa shape index (κ2) is 8.99. The van der Waals surface area contributed by atoms with Crippen LogP contribution in [0.4, 0.5) is 0 Å². The molecule has 0 radical (unpaired) electrons. The zero-order valence-electron chi connectivity index (χ0n) is 16.1. The molecule has 0 N–H and O–H groups in total. The summed E-state index contributed by atoms with van der Waals surface area (Å²) < 4.78 is 4.07. The standard InChI is InChI=1S/C20H25N5OS/c1-4-6-12-24-19(17-13-15(3)23-25(17)5-2)21-22-20(24)27-14-18(26)16-10-8-7-9-11-16/h7-11,13H,4-6,12,14H2,1-3H3. The van der Waals surface area contributed by atoms with E-state index < -0.39 is 0 Å². The Morgan fingerprint density at radius 2 is 1.93 bits per heavy atom. The highest BCUT2D eigenvalue weighted by atomic mass is 32.2. The first kappa shape index (κ1) is 19.4. The Labute approximate surface area is 164 Å². The van der Waals surface area contributed by atoms with Gasteiger partial charge in [0.2, 0.25) is 0 Å². The number of aryl methyl sites for hydroxylation is 2. The van der Waals surface area contributed by atoms with Gasteiger partial charge in [-0.05, 0) is 26.3 Å². The van der Waals surface area contributed by atoms with Crippen LogP contribution in [0.1, 0.15) is 42.7 Å². The van der Waals surface area contributed by atoms with Crippen LogP contribution in [0, 0.1) is 6.92 Å². The maximum absolute atomic E-state index is 12.4. The molecule has 0 aliphatic carbocycles. The molecule has 0 saturated carbocycles. The van der Waals surface area contributed by atoms with Crippen LogP contribution in [0.25, 0.3) is 11.5 Å². The fraction of sp³-hybridized carbons (Fsp3) is 0.400. The average Bonchev–Trinajstić information content (AvgIpc) is 3.27. The van der Waals surface area contributed by atoms with E-state index in [9.17, 15) is 4.79 Å². The summed E-state index contributed by atoms with van der Waals surface area (Å²) in [6, 6.07) is 11.4. The maximum Gasteiger partial charge on any atom is 0.191 e. The van der Waals surface area contributed by atoms with Crippen LogP contribution in [0.15, 0.2) is 41.6 Å². The van der Waals surface area contributed by atoms with Crippen LogP contribution in [-0.4, -0.2) is 36.1 Å². The van der Waals surface area contributed by atoms with Crippen molar-refractivity contribution in [3.8, 4) is 11.5 Å². The van der Waals surface area contributed by atoms with Gasteiger partial charge in [0, 0.05) is 18.7 Å². The smallest absolute Gasteiger partial charge is 0.191 e. The third kappa shape index (κ3) is 4.47. The molecule has 0 spiro atoms. The van der Waals surface area contributed by atoms with E-state index in [-0.39, 0.29) is 5.78 Å². The van der Waals surface area contributed by atoms with Crippen LogP contribution in [-0.2, 0) is 13.1 Å². The van der Waals surface area contributed by atoms with E-state index in [4.69, 9.17) is 0 Å². The molecule has 0 unspecified atom stereocenters. The predicted octanol–water partition coefficient (Wildman–Crippen LogP) is 4.25. The van der Waals surface area contributed by atoms with E-state index in [1.54, 1.807) is 0 Å². The monoisotopic (exact) mass is 383 g/mol. The number of carbonyl (C=O) groups is 1. The third-order valence-electron chi connectivity index (χ3n) is 4.31. The van der Waals surface area contributed by atoms with Crippen LogP contribution < -0.4 is 0 Å². The Morgan fingerprint density at radius 3 is 2.63 bits per heavy atom. The summed E-state index contributed by atoms with van der Waals surface area (Å²) in [4.78, 5) is 12.4. The van der Waals surface area contributed by atoms with E-state index in [1.165, 1.54) is 11.8 Å². The number of benzene rings is 1.